The number of hydrogen-bond donors (Lipinski definition) is 1. The van der Waals surface area contributed by atoms with E-state index in [1.54, 1.807) is 0 Å². The molecule has 0 aromatic carbocycles. The van der Waals surface area contributed by atoms with Crippen molar-refractivity contribution in [3.8, 4) is 0 Å². The number of rotatable bonds is 1. The van der Waals surface area contributed by atoms with Gasteiger partial charge in [-0.3, -0.25) is 4.79 Å². The highest BCUT2D eigenvalue weighted by atomic mass is 16.5. The Labute approximate surface area is 47.3 Å². The summed E-state index contributed by atoms with van der Waals surface area (Å²) in [5.41, 5.74) is 0.512. The third-order valence-electron chi connectivity index (χ3n) is 0.896. The Kier molecular flexibility index (Phi) is 1.20. The molecule has 1 aliphatic heterocycles. The monoisotopic (exact) mass is 113 g/mol. The van der Waals surface area contributed by atoms with Crippen LogP contribution in [0, 0.1) is 0 Å². The molecule has 0 bridgehead atoms. The zero-order valence-electron chi connectivity index (χ0n) is 4.55. The van der Waals surface area contributed by atoms with E-state index in [9.17, 15) is 4.79 Å². The Morgan fingerprint density at radius 3 is 3.00 bits per heavy atom. The highest BCUT2D eigenvalue weighted by Crippen LogP contribution is 2.00. The highest BCUT2D eigenvalue weighted by molar-refractivity contribution is 5.72. The lowest BCUT2D eigenvalue weighted by molar-refractivity contribution is -0.105. The number of hydrogen-bond acceptors (Lipinski definition) is 3. The average Bonchev–Trinajstić information content (AvgIpc) is 2.14. The van der Waals surface area contributed by atoms with Gasteiger partial charge in [0.15, 0.2) is 12.5 Å². The molecule has 0 saturated carbocycles. The van der Waals surface area contributed by atoms with Gasteiger partial charge in [-0.2, -0.15) is 0 Å². The molecule has 3 nitrogen and oxygen atoms in total. The minimum absolute atomic E-state index is 0.0461. The Bertz CT molecular complexity index is 130. The molecule has 1 aliphatic rings. The first-order valence-electron chi connectivity index (χ1n) is 2.40. The van der Waals surface area contributed by atoms with Crippen molar-refractivity contribution in [3.05, 3.63) is 12.0 Å². The summed E-state index contributed by atoms with van der Waals surface area (Å²) in [6.45, 7) is 1.83. The molecule has 1 atom stereocenters. The van der Waals surface area contributed by atoms with Crippen molar-refractivity contribution in [2.45, 2.75) is 13.2 Å². The summed E-state index contributed by atoms with van der Waals surface area (Å²) in [4.78, 5) is 9.94. The van der Waals surface area contributed by atoms with Crippen LogP contribution in [0.2, 0.25) is 0 Å². The Morgan fingerprint density at radius 2 is 2.75 bits per heavy atom. The lowest BCUT2D eigenvalue weighted by atomic mass is 10.5. The number of carbonyl (C=O) groups is 1. The van der Waals surface area contributed by atoms with E-state index < -0.39 is 0 Å². The van der Waals surface area contributed by atoms with Crippen LogP contribution in [-0.4, -0.2) is 12.5 Å². The van der Waals surface area contributed by atoms with Crippen LogP contribution in [0.4, 0.5) is 0 Å². The Hall–Kier alpha value is -0.990. The zero-order chi connectivity index (χ0) is 5.98. The maximum absolute atomic E-state index is 9.94. The van der Waals surface area contributed by atoms with Crippen LogP contribution >= 0.6 is 0 Å². The summed E-state index contributed by atoms with van der Waals surface area (Å²) in [6, 6.07) is 0. The molecule has 0 aromatic rings. The van der Waals surface area contributed by atoms with Crippen molar-refractivity contribution in [1.29, 1.82) is 0 Å². The summed E-state index contributed by atoms with van der Waals surface area (Å²) >= 11 is 0. The molecule has 0 spiro atoms. The molecule has 0 saturated heterocycles. The van der Waals surface area contributed by atoms with Crippen LogP contribution in [-0.2, 0) is 9.53 Å². The molecule has 0 fully saturated rings. The van der Waals surface area contributed by atoms with E-state index in [2.05, 4.69) is 5.32 Å². The van der Waals surface area contributed by atoms with Gasteiger partial charge in [-0.15, -0.1) is 0 Å². The lowest BCUT2D eigenvalue weighted by Gasteiger charge is -2.01. The molecule has 0 radical (unpaired) electrons. The second kappa shape index (κ2) is 1.86. The standard InChI is InChI=1S/C5H7NO2/c1-4-6-5(2-7)3-8-4/h2-4,6H,1H3. The number of carbonyl (C=O) groups excluding carboxylic acids is 1. The van der Waals surface area contributed by atoms with Gasteiger partial charge >= 0.3 is 0 Å². The Balaban J connectivity index is 2.49. The lowest BCUT2D eigenvalue weighted by Crippen LogP contribution is -2.19. The van der Waals surface area contributed by atoms with Crippen LogP contribution in [0.25, 0.3) is 0 Å². The quantitative estimate of drug-likeness (QED) is 0.486. The van der Waals surface area contributed by atoms with Crippen LogP contribution in [0.15, 0.2) is 12.0 Å². The molecule has 0 aliphatic carbocycles. The first-order valence-corrected chi connectivity index (χ1v) is 2.40. The van der Waals surface area contributed by atoms with E-state index in [4.69, 9.17) is 4.74 Å². The van der Waals surface area contributed by atoms with E-state index in [-0.39, 0.29) is 6.23 Å². The van der Waals surface area contributed by atoms with Crippen molar-refractivity contribution >= 4 is 6.29 Å². The fraction of sp³-hybridized carbons (Fsp3) is 0.400. The summed E-state index contributed by atoms with van der Waals surface area (Å²) in [7, 11) is 0. The summed E-state index contributed by atoms with van der Waals surface area (Å²) in [5.74, 6) is 0. The van der Waals surface area contributed by atoms with Gasteiger partial charge in [0.2, 0.25) is 0 Å². The molecule has 0 amide bonds. The largest absolute Gasteiger partial charge is 0.476 e. The summed E-state index contributed by atoms with van der Waals surface area (Å²) in [5, 5.41) is 2.77. The third kappa shape index (κ3) is 0.804. The fourth-order valence-electron chi connectivity index (χ4n) is 0.540. The van der Waals surface area contributed by atoms with Crippen molar-refractivity contribution in [1.82, 2.24) is 5.32 Å². The average molecular weight is 113 g/mol. The molecule has 0 aromatic heterocycles. The summed E-state index contributed by atoms with van der Waals surface area (Å²) in [6.07, 6.45) is 2.09. The normalized spacial score (nSPS) is 25.6. The molecule has 1 rings (SSSR count). The minimum atomic E-state index is -0.0461. The number of ether oxygens (including phenoxy) is 1. The molecule has 44 valence electrons. The number of aldehydes is 1. The van der Waals surface area contributed by atoms with Crippen molar-refractivity contribution in [3.63, 3.8) is 0 Å². The molecule has 1 heterocycles. The Morgan fingerprint density at radius 1 is 2.00 bits per heavy atom. The van der Waals surface area contributed by atoms with E-state index in [1.807, 2.05) is 6.92 Å². The van der Waals surface area contributed by atoms with Gasteiger partial charge in [-0.1, -0.05) is 0 Å². The minimum Gasteiger partial charge on any atom is -0.476 e. The first-order chi connectivity index (χ1) is 3.83. The van der Waals surface area contributed by atoms with Crippen molar-refractivity contribution in [2.75, 3.05) is 0 Å². The summed E-state index contributed by atoms with van der Waals surface area (Å²) < 4.78 is 4.85. The van der Waals surface area contributed by atoms with Crippen LogP contribution < -0.4 is 5.32 Å². The number of allylic oxidation sites excluding steroid dienone is 1. The van der Waals surface area contributed by atoms with E-state index >= 15 is 0 Å². The van der Waals surface area contributed by atoms with Gasteiger partial charge in [-0.25, -0.2) is 0 Å². The third-order valence-corrected chi connectivity index (χ3v) is 0.896. The maximum atomic E-state index is 9.94. The predicted molar refractivity (Wildman–Crippen MR) is 27.8 cm³/mol. The molecule has 1 N–H and O–H groups in total. The van der Waals surface area contributed by atoms with Gasteiger partial charge in [0, 0.05) is 0 Å². The van der Waals surface area contributed by atoms with Crippen molar-refractivity contribution < 1.29 is 9.53 Å². The van der Waals surface area contributed by atoms with Gasteiger partial charge < -0.3 is 10.1 Å². The second-order valence-corrected chi connectivity index (χ2v) is 1.61. The fourth-order valence-corrected chi connectivity index (χ4v) is 0.540. The molecule has 1 unspecified atom stereocenters. The van der Waals surface area contributed by atoms with Gasteiger partial charge in [0.05, 0.1) is 0 Å². The van der Waals surface area contributed by atoms with Gasteiger partial charge in [0.25, 0.3) is 0 Å². The van der Waals surface area contributed by atoms with Crippen molar-refractivity contribution in [2.24, 2.45) is 0 Å². The first kappa shape index (κ1) is 5.15. The zero-order valence-corrected chi connectivity index (χ0v) is 4.55. The molecule has 3 heteroatoms. The van der Waals surface area contributed by atoms with Gasteiger partial charge in [0.1, 0.15) is 12.0 Å². The van der Waals surface area contributed by atoms with Crippen LogP contribution in [0.1, 0.15) is 6.92 Å². The molecular weight excluding hydrogens is 106 g/mol. The second-order valence-electron chi connectivity index (χ2n) is 1.61. The number of nitrogens with one attached hydrogen (secondary N) is 1. The molecule has 8 heavy (non-hydrogen) atoms. The van der Waals surface area contributed by atoms with E-state index in [0.29, 0.717) is 5.70 Å². The predicted octanol–water partition coefficient (Wildman–Crippen LogP) is -0.00750. The van der Waals surface area contributed by atoms with Crippen LogP contribution in [0.3, 0.4) is 0 Å². The highest BCUT2D eigenvalue weighted by Gasteiger charge is 2.08. The van der Waals surface area contributed by atoms with E-state index in [1.165, 1.54) is 6.26 Å². The smallest absolute Gasteiger partial charge is 0.169 e. The van der Waals surface area contributed by atoms with Gasteiger partial charge in [-0.05, 0) is 6.92 Å². The SMILES string of the molecule is CC1NC(C=O)=CO1. The molecular formula is C5H7NO2. The topological polar surface area (TPSA) is 38.3 Å². The maximum Gasteiger partial charge on any atom is 0.169 e. The van der Waals surface area contributed by atoms with Crippen LogP contribution in [0.5, 0.6) is 0 Å². The van der Waals surface area contributed by atoms with E-state index in [0.717, 1.165) is 6.29 Å².